The molecule has 0 saturated carbocycles. The van der Waals surface area contributed by atoms with Gasteiger partial charge in [-0.2, -0.15) is 0 Å². The molecule has 0 bridgehead atoms. The molecule has 3 heterocycles. The van der Waals surface area contributed by atoms with E-state index in [1.54, 1.807) is 11.1 Å². The summed E-state index contributed by atoms with van der Waals surface area (Å²) in [5, 5.41) is 2.89. The number of morpholine rings is 1. The molecule has 1 saturated heterocycles. The Balaban J connectivity index is 1.72. The van der Waals surface area contributed by atoms with Crippen LogP contribution in [0.25, 0.3) is 0 Å². The second-order valence-electron chi connectivity index (χ2n) is 5.96. The van der Waals surface area contributed by atoms with Crippen molar-refractivity contribution in [2.45, 2.75) is 13.0 Å². The number of hydrogen-bond donors (Lipinski definition) is 1. The molecule has 1 N–H and O–H groups in total. The van der Waals surface area contributed by atoms with E-state index in [2.05, 4.69) is 10.3 Å². The zero-order valence-corrected chi connectivity index (χ0v) is 14.2. The predicted molar refractivity (Wildman–Crippen MR) is 91.3 cm³/mol. The van der Waals surface area contributed by atoms with Crippen LogP contribution in [-0.2, 0) is 4.74 Å². The van der Waals surface area contributed by atoms with E-state index in [0.717, 1.165) is 17.3 Å². The van der Waals surface area contributed by atoms with Crippen molar-refractivity contribution >= 4 is 17.5 Å². The van der Waals surface area contributed by atoms with Gasteiger partial charge >= 0.3 is 6.03 Å². The van der Waals surface area contributed by atoms with Crippen LogP contribution < -0.4 is 10.2 Å². The zero-order chi connectivity index (χ0) is 17.1. The Kier molecular flexibility index (Phi) is 4.71. The molecule has 0 radical (unpaired) electrons. The highest BCUT2D eigenvalue weighted by Crippen LogP contribution is 2.26. The van der Waals surface area contributed by atoms with Crippen molar-refractivity contribution in [1.82, 2.24) is 9.88 Å². The predicted octanol–water partition coefficient (Wildman–Crippen LogP) is 2.65. The van der Waals surface area contributed by atoms with Crippen LogP contribution in [-0.4, -0.2) is 49.8 Å². The molecule has 1 aliphatic rings. The van der Waals surface area contributed by atoms with E-state index in [9.17, 15) is 4.79 Å². The Hall–Kier alpha value is -2.54. The molecular weight excluding hydrogens is 308 g/mol. The molecule has 0 spiro atoms. The summed E-state index contributed by atoms with van der Waals surface area (Å²) in [6.07, 6.45) is 1.65. The van der Waals surface area contributed by atoms with Gasteiger partial charge in [-0.05, 0) is 31.2 Å². The average molecular weight is 330 g/mol. The van der Waals surface area contributed by atoms with Crippen LogP contribution in [0.3, 0.4) is 0 Å². The average Bonchev–Trinajstić information content (AvgIpc) is 3.01. The van der Waals surface area contributed by atoms with E-state index in [1.165, 1.54) is 0 Å². The summed E-state index contributed by atoms with van der Waals surface area (Å²) >= 11 is 0. The number of aryl methyl sites for hydroxylation is 1. The van der Waals surface area contributed by atoms with Crippen molar-refractivity contribution < 1.29 is 13.9 Å². The number of carbonyl (C=O) groups excluding carboxylic acids is 1. The standard InChI is InChI=1S/C17H22N4O3/c1-12-4-6-15(24-12)14-11-23-9-8-21(14)17(22)19-13-5-7-16(18-10-13)20(2)3/h4-7,10,14H,8-9,11H2,1-3H3,(H,19,22)/t14-/m1/s1. The van der Waals surface area contributed by atoms with Gasteiger partial charge in [0.1, 0.15) is 23.4 Å². The largest absolute Gasteiger partial charge is 0.464 e. The first-order valence-corrected chi connectivity index (χ1v) is 7.89. The quantitative estimate of drug-likeness (QED) is 0.937. The first kappa shape index (κ1) is 16.3. The second-order valence-corrected chi connectivity index (χ2v) is 5.96. The summed E-state index contributed by atoms with van der Waals surface area (Å²) in [5.74, 6) is 2.39. The van der Waals surface area contributed by atoms with Crippen LogP contribution in [0.5, 0.6) is 0 Å². The van der Waals surface area contributed by atoms with Crippen LogP contribution in [0.2, 0.25) is 0 Å². The minimum Gasteiger partial charge on any atom is -0.464 e. The van der Waals surface area contributed by atoms with Gasteiger partial charge in [-0.3, -0.25) is 0 Å². The number of anilines is 2. The maximum absolute atomic E-state index is 12.7. The molecule has 128 valence electrons. The summed E-state index contributed by atoms with van der Waals surface area (Å²) in [6, 6.07) is 7.08. The molecule has 24 heavy (non-hydrogen) atoms. The zero-order valence-electron chi connectivity index (χ0n) is 14.2. The SMILES string of the molecule is Cc1ccc([C@H]2COCCN2C(=O)Nc2ccc(N(C)C)nc2)o1. The molecule has 0 aliphatic carbocycles. The van der Waals surface area contributed by atoms with Gasteiger partial charge in [-0.25, -0.2) is 9.78 Å². The maximum atomic E-state index is 12.7. The number of urea groups is 1. The molecule has 7 nitrogen and oxygen atoms in total. The minimum absolute atomic E-state index is 0.184. The van der Waals surface area contributed by atoms with Gasteiger partial charge in [0.25, 0.3) is 0 Å². The lowest BCUT2D eigenvalue weighted by atomic mass is 10.2. The molecule has 1 aliphatic heterocycles. The summed E-state index contributed by atoms with van der Waals surface area (Å²) in [4.78, 5) is 20.6. The van der Waals surface area contributed by atoms with Crippen LogP contribution in [0.4, 0.5) is 16.3 Å². The Morgan fingerprint density at radius 2 is 2.17 bits per heavy atom. The fraction of sp³-hybridized carbons (Fsp3) is 0.412. The van der Waals surface area contributed by atoms with Crippen molar-refractivity contribution in [1.29, 1.82) is 0 Å². The highest BCUT2D eigenvalue weighted by Gasteiger charge is 2.30. The van der Waals surface area contributed by atoms with Gasteiger partial charge in [-0.1, -0.05) is 0 Å². The summed E-state index contributed by atoms with van der Waals surface area (Å²) in [6.45, 7) is 3.34. The molecular formula is C17H22N4O3. The van der Waals surface area contributed by atoms with E-state index in [1.807, 2.05) is 50.2 Å². The van der Waals surface area contributed by atoms with Gasteiger partial charge in [-0.15, -0.1) is 0 Å². The number of carbonyl (C=O) groups is 1. The van der Waals surface area contributed by atoms with Crippen LogP contribution >= 0.6 is 0 Å². The molecule has 0 unspecified atom stereocenters. The lowest BCUT2D eigenvalue weighted by molar-refractivity contribution is 0.00710. The number of nitrogens with one attached hydrogen (secondary N) is 1. The molecule has 2 aromatic heterocycles. The number of pyridine rings is 1. The van der Waals surface area contributed by atoms with Crippen molar-refractivity contribution in [2.75, 3.05) is 44.1 Å². The van der Waals surface area contributed by atoms with Crippen molar-refractivity contribution in [3.8, 4) is 0 Å². The van der Waals surface area contributed by atoms with E-state index in [4.69, 9.17) is 9.15 Å². The van der Waals surface area contributed by atoms with Crippen molar-refractivity contribution in [3.05, 3.63) is 42.0 Å². The number of aromatic nitrogens is 1. The highest BCUT2D eigenvalue weighted by molar-refractivity contribution is 5.89. The summed E-state index contributed by atoms with van der Waals surface area (Å²) in [7, 11) is 3.84. The number of amides is 2. The van der Waals surface area contributed by atoms with Crippen molar-refractivity contribution in [2.24, 2.45) is 0 Å². The van der Waals surface area contributed by atoms with E-state index < -0.39 is 0 Å². The van der Waals surface area contributed by atoms with Gasteiger partial charge in [0.2, 0.25) is 0 Å². The monoisotopic (exact) mass is 330 g/mol. The fourth-order valence-corrected chi connectivity index (χ4v) is 2.63. The smallest absolute Gasteiger partial charge is 0.322 e. The molecule has 1 atom stereocenters. The lowest BCUT2D eigenvalue weighted by Gasteiger charge is -2.34. The van der Waals surface area contributed by atoms with Crippen LogP contribution in [0.15, 0.2) is 34.9 Å². The molecule has 3 rings (SSSR count). The Labute approximate surface area is 141 Å². The normalized spacial score (nSPS) is 17.6. The summed E-state index contributed by atoms with van der Waals surface area (Å²) < 4.78 is 11.2. The van der Waals surface area contributed by atoms with E-state index in [0.29, 0.717) is 25.4 Å². The number of nitrogens with zero attached hydrogens (tertiary/aromatic N) is 3. The third-order valence-corrected chi connectivity index (χ3v) is 3.94. The number of furan rings is 1. The van der Waals surface area contributed by atoms with Gasteiger partial charge in [0, 0.05) is 20.6 Å². The van der Waals surface area contributed by atoms with Crippen LogP contribution in [0, 0.1) is 6.92 Å². The molecule has 0 aromatic carbocycles. The number of rotatable bonds is 3. The lowest BCUT2D eigenvalue weighted by Crippen LogP contribution is -2.45. The van der Waals surface area contributed by atoms with E-state index in [-0.39, 0.29) is 12.1 Å². The molecule has 1 fully saturated rings. The van der Waals surface area contributed by atoms with Gasteiger partial charge in [0.05, 0.1) is 25.1 Å². The number of hydrogen-bond acceptors (Lipinski definition) is 5. The van der Waals surface area contributed by atoms with Gasteiger partial charge in [0.15, 0.2) is 0 Å². The second kappa shape index (κ2) is 6.92. The Bertz CT molecular complexity index is 696. The third kappa shape index (κ3) is 3.51. The Morgan fingerprint density at radius 1 is 1.33 bits per heavy atom. The molecule has 2 aromatic rings. The van der Waals surface area contributed by atoms with Gasteiger partial charge < -0.3 is 24.3 Å². The fourth-order valence-electron chi connectivity index (χ4n) is 2.63. The van der Waals surface area contributed by atoms with E-state index >= 15 is 0 Å². The molecule has 2 amide bonds. The van der Waals surface area contributed by atoms with Crippen molar-refractivity contribution in [3.63, 3.8) is 0 Å². The first-order valence-electron chi connectivity index (χ1n) is 7.89. The Morgan fingerprint density at radius 3 is 2.79 bits per heavy atom. The topological polar surface area (TPSA) is 70.8 Å². The highest BCUT2D eigenvalue weighted by atomic mass is 16.5. The maximum Gasteiger partial charge on any atom is 0.322 e. The number of ether oxygens (including phenoxy) is 1. The minimum atomic E-state index is -0.221. The summed E-state index contributed by atoms with van der Waals surface area (Å²) in [5.41, 5.74) is 0.659. The third-order valence-electron chi connectivity index (χ3n) is 3.94. The molecule has 7 heteroatoms. The first-order chi connectivity index (χ1) is 11.5. The van der Waals surface area contributed by atoms with Crippen LogP contribution in [0.1, 0.15) is 17.6 Å².